The van der Waals surface area contributed by atoms with Gasteiger partial charge in [-0.1, -0.05) is 13.8 Å². The van der Waals surface area contributed by atoms with Gasteiger partial charge in [-0.05, 0) is 38.2 Å². The smallest absolute Gasteiger partial charge is 0.169 e. The average molecular weight is 288 g/mol. The first kappa shape index (κ1) is 15.7. The fourth-order valence-corrected chi connectivity index (χ4v) is 3.00. The van der Waals surface area contributed by atoms with Crippen LogP contribution in [0.1, 0.15) is 50.4 Å². The lowest BCUT2D eigenvalue weighted by Crippen LogP contribution is -2.41. The molecule has 1 unspecified atom stereocenters. The highest BCUT2D eigenvalue weighted by atomic mass is 16.5. The molecule has 0 aromatic carbocycles. The number of anilines is 1. The maximum Gasteiger partial charge on any atom is 0.169 e. The van der Waals surface area contributed by atoms with Gasteiger partial charge in [0.1, 0.15) is 11.6 Å². The Morgan fingerprint density at radius 3 is 2.71 bits per heavy atom. The maximum absolute atomic E-state index is 9.57. The Kier molecular flexibility index (Phi) is 5.51. The number of nitriles is 1. The Bertz CT molecular complexity index is 522. The van der Waals surface area contributed by atoms with Crippen LogP contribution in [0.3, 0.4) is 0 Å². The molecule has 2 heterocycles. The molecule has 5 heteroatoms. The zero-order valence-corrected chi connectivity index (χ0v) is 13.2. The van der Waals surface area contributed by atoms with Crippen LogP contribution in [0.25, 0.3) is 0 Å². The molecule has 1 aromatic heterocycles. The summed E-state index contributed by atoms with van der Waals surface area (Å²) in [5, 5.41) is 18.3. The van der Waals surface area contributed by atoms with Gasteiger partial charge in [0.25, 0.3) is 0 Å². The number of piperidine rings is 1. The van der Waals surface area contributed by atoms with E-state index in [4.69, 9.17) is 4.74 Å². The molecule has 114 valence electrons. The predicted octanol–water partition coefficient (Wildman–Crippen LogP) is 2.48. The second kappa shape index (κ2) is 7.37. The molecule has 0 N–H and O–H groups in total. The van der Waals surface area contributed by atoms with Crippen molar-refractivity contribution in [2.45, 2.75) is 52.6 Å². The van der Waals surface area contributed by atoms with Gasteiger partial charge in [0.15, 0.2) is 5.82 Å². The molecule has 1 fully saturated rings. The number of aromatic nitrogens is 2. The van der Waals surface area contributed by atoms with E-state index >= 15 is 0 Å². The molecule has 0 aliphatic carbocycles. The molecule has 21 heavy (non-hydrogen) atoms. The summed E-state index contributed by atoms with van der Waals surface area (Å²) < 4.78 is 5.74. The van der Waals surface area contributed by atoms with E-state index in [0.29, 0.717) is 5.56 Å². The molecule has 1 aliphatic heterocycles. The first-order valence-electron chi connectivity index (χ1n) is 7.90. The lowest BCUT2D eigenvalue weighted by atomic mass is 10.0. The second-order valence-electron chi connectivity index (χ2n) is 5.31. The normalized spacial score (nSPS) is 18.6. The summed E-state index contributed by atoms with van der Waals surface area (Å²) >= 11 is 0. The number of aryl methyl sites for hydroxylation is 1. The molecular formula is C16H24N4O. The Labute approximate surface area is 126 Å². The first-order chi connectivity index (χ1) is 10.2. The second-order valence-corrected chi connectivity index (χ2v) is 5.31. The molecule has 0 spiro atoms. The van der Waals surface area contributed by atoms with Crippen LogP contribution in [0, 0.1) is 11.3 Å². The van der Waals surface area contributed by atoms with Crippen LogP contribution in [-0.4, -0.2) is 36.0 Å². The molecule has 1 atom stereocenters. The van der Waals surface area contributed by atoms with Crippen molar-refractivity contribution in [2.24, 2.45) is 0 Å². The average Bonchev–Trinajstić information content (AvgIpc) is 2.53. The molecule has 0 amide bonds. The molecule has 2 rings (SSSR count). The standard InChI is InChI=1S/C16H24N4O/c1-4-13-14(10-17)16(19-18-15(13)5-2)20-9-7-8-12(11-20)21-6-3/h12H,4-9,11H2,1-3H3. The summed E-state index contributed by atoms with van der Waals surface area (Å²) in [4.78, 5) is 2.16. The van der Waals surface area contributed by atoms with Gasteiger partial charge < -0.3 is 9.64 Å². The summed E-state index contributed by atoms with van der Waals surface area (Å²) in [6.07, 6.45) is 4.00. The van der Waals surface area contributed by atoms with Gasteiger partial charge in [-0.3, -0.25) is 0 Å². The van der Waals surface area contributed by atoms with Crippen LogP contribution >= 0.6 is 0 Å². The van der Waals surface area contributed by atoms with Gasteiger partial charge in [0.05, 0.1) is 11.8 Å². The molecule has 1 aliphatic rings. The van der Waals surface area contributed by atoms with E-state index in [0.717, 1.165) is 62.5 Å². The van der Waals surface area contributed by atoms with Crippen molar-refractivity contribution in [3.05, 3.63) is 16.8 Å². The van der Waals surface area contributed by atoms with Gasteiger partial charge in [-0.25, -0.2) is 0 Å². The van der Waals surface area contributed by atoms with Crippen molar-refractivity contribution < 1.29 is 4.74 Å². The summed E-state index contributed by atoms with van der Waals surface area (Å²) in [5.74, 6) is 0.732. The van der Waals surface area contributed by atoms with Gasteiger partial charge >= 0.3 is 0 Å². The summed E-state index contributed by atoms with van der Waals surface area (Å²) in [6.45, 7) is 8.58. The third kappa shape index (κ3) is 3.33. The number of hydrogen-bond acceptors (Lipinski definition) is 5. The van der Waals surface area contributed by atoms with Crippen LogP contribution in [0.15, 0.2) is 0 Å². The van der Waals surface area contributed by atoms with Crippen LogP contribution in [0.2, 0.25) is 0 Å². The number of hydrogen-bond donors (Lipinski definition) is 0. The Hall–Kier alpha value is -1.67. The van der Waals surface area contributed by atoms with E-state index in [1.165, 1.54) is 0 Å². The van der Waals surface area contributed by atoms with Crippen LogP contribution in [0.4, 0.5) is 5.82 Å². The van der Waals surface area contributed by atoms with E-state index < -0.39 is 0 Å². The minimum absolute atomic E-state index is 0.230. The van der Waals surface area contributed by atoms with Crippen molar-refractivity contribution in [1.82, 2.24) is 10.2 Å². The largest absolute Gasteiger partial charge is 0.377 e. The topological polar surface area (TPSA) is 62.0 Å². The van der Waals surface area contributed by atoms with Crippen molar-refractivity contribution in [3.8, 4) is 6.07 Å². The quantitative estimate of drug-likeness (QED) is 0.833. The van der Waals surface area contributed by atoms with Crippen LogP contribution < -0.4 is 4.90 Å². The lowest BCUT2D eigenvalue weighted by molar-refractivity contribution is 0.0524. The van der Waals surface area contributed by atoms with Crippen LogP contribution in [-0.2, 0) is 17.6 Å². The fourth-order valence-electron chi connectivity index (χ4n) is 3.00. The minimum atomic E-state index is 0.230. The summed E-state index contributed by atoms with van der Waals surface area (Å²) in [7, 11) is 0. The van der Waals surface area contributed by atoms with Gasteiger partial charge in [0.2, 0.25) is 0 Å². The van der Waals surface area contributed by atoms with Crippen LogP contribution in [0.5, 0.6) is 0 Å². The molecule has 1 saturated heterocycles. The highest BCUT2D eigenvalue weighted by Gasteiger charge is 2.25. The van der Waals surface area contributed by atoms with E-state index in [2.05, 4.69) is 35.0 Å². The van der Waals surface area contributed by atoms with Crippen molar-refractivity contribution in [3.63, 3.8) is 0 Å². The Morgan fingerprint density at radius 2 is 2.10 bits per heavy atom. The third-order valence-corrected chi connectivity index (χ3v) is 4.02. The third-order valence-electron chi connectivity index (χ3n) is 4.02. The lowest BCUT2D eigenvalue weighted by Gasteiger charge is -2.33. The van der Waals surface area contributed by atoms with Crippen molar-refractivity contribution >= 4 is 5.82 Å². The summed E-state index contributed by atoms with van der Waals surface area (Å²) in [5.41, 5.74) is 2.68. The number of rotatable bonds is 5. The fraction of sp³-hybridized carbons (Fsp3) is 0.688. The Morgan fingerprint density at radius 1 is 1.29 bits per heavy atom. The SMILES string of the molecule is CCOC1CCCN(c2nnc(CC)c(CC)c2C#N)C1. The Balaban J connectivity index is 2.33. The first-order valence-corrected chi connectivity index (χ1v) is 7.90. The number of ether oxygens (including phenoxy) is 1. The maximum atomic E-state index is 9.57. The molecule has 5 nitrogen and oxygen atoms in total. The highest BCUT2D eigenvalue weighted by Crippen LogP contribution is 2.26. The van der Waals surface area contributed by atoms with Gasteiger partial charge in [-0.15, -0.1) is 5.10 Å². The molecule has 0 bridgehead atoms. The van der Waals surface area contributed by atoms with Crippen molar-refractivity contribution in [1.29, 1.82) is 5.26 Å². The molecule has 0 radical (unpaired) electrons. The van der Waals surface area contributed by atoms with E-state index in [-0.39, 0.29) is 6.10 Å². The van der Waals surface area contributed by atoms with Gasteiger partial charge in [-0.2, -0.15) is 10.4 Å². The van der Waals surface area contributed by atoms with E-state index in [1.54, 1.807) is 0 Å². The monoisotopic (exact) mass is 288 g/mol. The highest BCUT2D eigenvalue weighted by molar-refractivity contribution is 5.58. The van der Waals surface area contributed by atoms with Crippen molar-refractivity contribution in [2.75, 3.05) is 24.6 Å². The number of nitrogens with zero attached hydrogens (tertiary/aromatic N) is 4. The van der Waals surface area contributed by atoms with Gasteiger partial charge in [0, 0.05) is 19.7 Å². The molecule has 1 aromatic rings. The van der Waals surface area contributed by atoms with E-state index in [1.807, 2.05) is 6.92 Å². The zero-order valence-electron chi connectivity index (χ0n) is 13.2. The minimum Gasteiger partial charge on any atom is -0.377 e. The molecular weight excluding hydrogens is 264 g/mol. The predicted molar refractivity (Wildman–Crippen MR) is 82.4 cm³/mol. The summed E-state index contributed by atoms with van der Waals surface area (Å²) in [6, 6.07) is 2.35. The molecule has 0 saturated carbocycles. The van der Waals surface area contributed by atoms with E-state index in [9.17, 15) is 5.26 Å². The zero-order chi connectivity index (χ0) is 15.2.